The lowest BCUT2D eigenvalue weighted by atomic mass is 10.2. The summed E-state index contributed by atoms with van der Waals surface area (Å²) >= 11 is 1.33. The molecule has 3 heterocycles. The summed E-state index contributed by atoms with van der Waals surface area (Å²) in [5.74, 6) is -0.213. The molecule has 1 saturated heterocycles. The lowest BCUT2D eigenvalue weighted by Gasteiger charge is -2.09. The van der Waals surface area contributed by atoms with E-state index in [0.717, 1.165) is 17.0 Å². The number of carbonyl (C=O) groups is 1. The number of nitrogens with zero attached hydrogens (tertiary/aromatic N) is 4. The first-order chi connectivity index (χ1) is 11.4. The van der Waals surface area contributed by atoms with Crippen molar-refractivity contribution in [2.75, 3.05) is 14.1 Å². The summed E-state index contributed by atoms with van der Waals surface area (Å²) in [5, 5.41) is 0.663. The number of aliphatic imine (C=N–C) groups is 1. The maximum absolute atomic E-state index is 14.1. The zero-order valence-electron chi connectivity index (χ0n) is 13.9. The number of pyridine rings is 1. The number of likely N-dealkylation sites (N-methyl/N-ethyl adjacent to an activating group) is 1. The van der Waals surface area contributed by atoms with Crippen LogP contribution in [0.15, 0.2) is 34.3 Å². The Morgan fingerprint density at radius 2 is 2.12 bits per heavy atom. The van der Waals surface area contributed by atoms with Gasteiger partial charge in [-0.2, -0.15) is 0 Å². The fourth-order valence-corrected chi connectivity index (χ4v) is 3.61. The maximum atomic E-state index is 14.1. The van der Waals surface area contributed by atoms with Gasteiger partial charge in [0.25, 0.3) is 5.91 Å². The summed E-state index contributed by atoms with van der Waals surface area (Å²) in [7, 11) is 3.36. The zero-order valence-corrected chi connectivity index (χ0v) is 14.7. The summed E-state index contributed by atoms with van der Waals surface area (Å²) in [6.45, 7) is 3.77. The molecule has 0 radical (unpaired) electrons. The molecule has 0 spiro atoms. The van der Waals surface area contributed by atoms with Gasteiger partial charge in [0.05, 0.1) is 4.91 Å². The van der Waals surface area contributed by atoms with Gasteiger partial charge in [0, 0.05) is 31.7 Å². The van der Waals surface area contributed by atoms with E-state index in [2.05, 4.69) is 9.98 Å². The van der Waals surface area contributed by atoms with Crippen LogP contribution in [0.5, 0.6) is 0 Å². The number of halogens is 1. The summed E-state index contributed by atoms with van der Waals surface area (Å²) < 4.78 is 15.8. The molecule has 1 fully saturated rings. The SMILES string of the molecule is CN=C1S/C(=C\c2cc(C)n(-c3ncccc3F)c2C)C(=O)N1C. The third kappa shape index (κ3) is 2.65. The van der Waals surface area contributed by atoms with E-state index in [1.807, 2.05) is 26.0 Å². The first-order valence-corrected chi connectivity index (χ1v) is 8.20. The van der Waals surface area contributed by atoms with Gasteiger partial charge in [-0.05, 0) is 55.4 Å². The van der Waals surface area contributed by atoms with Crippen molar-refractivity contribution in [1.29, 1.82) is 0 Å². The molecule has 2 aromatic rings. The number of thioether (sulfide) groups is 1. The van der Waals surface area contributed by atoms with Crippen LogP contribution in [-0.2, 0) is 4.79 Å². The average Bonchev–Trinajstić information content (AvgIpc) is 2.99. The smallest absolute Gasteiger partial charge is 0.266 e. The molecule has 1 aliphatic rings. The van der Waals surface area contributed by atoms with Crippen molar-refractivity contribution < 1.29 is 9.18 Å². The quantitative estimate of drug-likeness (QED) is 0.787. The Morgan fingerprint density at radius 3 is 2.75 bits per heavy atom. The number of aryl methyl sites for hydroxylation is 1. The third-order valence-corrected chi connectivity index (χ3v) is 5.05. The zero-order chi connectivity index (χ0) is 17.4. The normalized spacial score (nSPS) is 18.2. The van der Waals surface area contributed by atoms with Gasteiger partial charge in [0.2, 0.25) is 0 Å². The number of carbonyl (C=O) groups excluding carboxylic acids is 1. The number of amides is 1. The Morgan fingerprint density at radius 1 is 1.38 bits per heavy atom. The Kier molecular flexibility index (Phi) is 4.28. The molecule has 0 saturated carbocycles. The molecular formula is C17H17FN4OS. The van der Waals surface area contributed by atoms with E-state index in [1.165, 1.54) is 22.7 Å². The summed E-state index contributed by atoms with van der Waals surface area (Å²) in [6, 6.07) is 4.87. The van der Waals surface area contributed by atoms with Crippen LogP contribution in [0.1, 0.15) is 17.0 Å². The monoisotopic (exact) mass is 344 g/mol. The fourth-order valence-electron chi connectivity index (χ4n) is 2.69. The Hall–Kier alpha value is -2.41. The maximum Gasteiger partial charge on any atom is 0.266 e. The van der Waals surface area contributed by atoms with Crippen LogP contribution in [0.3, 0.4) is 0 Å². The topological polar surface area (TPSA) is 50.5 Å². The Balaban J connectivity index is 2.07. The van der Waals surface area contributed by atoms with Crippen LogP contribution in [0.25, 0.3) is 11.9 Å². The Labute approximate surface area is 143 Å². The van der Waals surface area contributed by atoms with E-state index in [0.29, 0.717) is 10.1 Å². The number of amidine groups is 1. The molecule has 0 aromatic carbocycles. The lowest BCUT2D eigenvalue weighted by molar-refractivity contribution is -0.121. The molecule has 124 valence electrons. The van der Waals surface area contributed by atoms with Gasteiger partial charge in [-0.15, -0.1) is 0 Å². The molecule has 0 aliphatic carbocycles. The average molecular weight is 344 g/mol. The summed E-state index contributed by atoms with van der Waals surface area (Å²) in [5.41, 5.74) is 2.54. The largest absolute Gasteiger partial charge is 0.300 e. The lowest BCUT2D eigenvalue weighted by Crippen LogP contribution is -2.23. The van der Waals surface area contributed by atoms with Gasteiger partial charge in [0.15, 0.2) is 16.8 Å². The van der Waals surface area contributed by atoms with Gasteiger partial charge in [-0.25, -0.2) is 9.37 Å². The van der Waals surface area contributed by atoms with Crippen LogP contribution in [0, 0.1) is 19.7 Å². The number of hydrogen-bond donors (Lipinski definition) is 0. The van der Waals surface area contributed by atoms with Crippen LogP contribution in [0.2, 0.25) is 0 Å². The minimum atomic E-state index is -0.384. The van der Waals surface area contributed by atoms with E-state index >= 15 is 0 Å². The highest BCUT2D eigenvalue weighted by atomic mass is 32.2. The van der Waals surface area contributed by atoms with Gasteiger partial charge >= 0.3 is 0 Å². The van der Waals surface area contributed by atoms with Crippen molar-refractivity contribution in [1.82, 2.24) is 14.5 Å². The van der Waals surface area contributed by atoms with E-state index in [1.54, 1.807) is 30.9 Å². The van der Waals surface area contributed by atoms with E-state index in [4.69, 9.17) is 0 Å². The Bertz CT molecular complexity index is 885. The molecule has 1 amide bonds. The predicted molar refractivity (Wildman–Crippen MR) is 94.7 cm³/mol. The molecule has 0 atom stereocenters. The number of hydrogen-bond acceptors (Lipinski definition) is 4. The fraction of sp³-hybridized carbons (Fsp3) is 0.235. The number of rotatable bonds is 2. The molecule has 24 heavy (non-hydrogen) atoms. The predicted octanol–water partition coefficient (Wildman–Crippen LogP) is 3.16. The summed E-state index contributed by atoms with van der Waals surface area (Å²) in [4.78, 5) is 22.6. The van der Waals surface area contributed by atoms with Gasteiger partial charge in [-0.3, -0.25) is 14.7 Å². The van der Waals surface area contributed by atoms with Crippen molar-refractivity contribution in [3.05, 3.63) is 52.1 Å². The number of aromatic nitrogens is 2. The van der Waals surface area contributed by atoms with Crippen LogP contribution in [0.4, 0.5) is 4.39 Å². The van der Waals surface area contributed by atoms with E-state index < -0.39 is 0 Å². The van der Waals surface area contributed by atoms with Crippen LogP contribution < -0.4 is 0 Å². The molecule has 5 nitrogen and oxygen atoms in total. The van der Waals surface area contributed by atoms with Crippen LogP contribution >= 0.6 is 11.8 Å². The van der Waals surface area contributed by atoms with Crippen molar-refractivity contribution in [2.45, 2.75) is 13.8 Å². The molecule has 0 bridgehead atoms. The molecule has 2 aromatic heterocycles. The van der Waals surface area contributed by atoms with Crippen molar-refractivity contribution in [3.8, 4) is 5.82 Å². The van der Waals surface area contributed by atoms with Crippen LogP contribution in [-0.4, -0.2) is 39.6 Å². The molecule has 0 unspecified atom stereocenters. The molecule has 0 N–H and O–H groups in total. The molecule has 1 aliphatic heterocycles. The highest BCUT2D eigenvalue weighted by Crippen LogP contribution is 2.32. The van der Waals surface area contributed by atoms with Crippen molar-refractivity contribution >= 4 is 28.9 Å². The third-order valence-electron chi connectivity index (χ3n) is 3.90. The van der Waals surface area contributed by atoms with E-state index in [-0.39, 0.29) is 17.5 Å². The first-order valence-electron chi connectivity index (χ1n) is 7.38. The second-order valence-electron chi connectivity index (χ2n) is 5.45. The molecular weight excluding hydrogens is 327 g/mol. The van der Waals surface area contributed by atoms with Crippen molar-refractivity contribution in [2.24, 2.45) is 4.99 Å². The minimum absolute atomic E-state index is 0.0885. The second-order valence-corrected chi connectivity index (χ2v) is 6.46. The van der Waals surface area contributed by atoms with Crippen molar-refractivity contribution in [3.63, 3.8) is 0 Å². The highest BCUT2D eigenvalue weighted by Gasteiger charge is 2.30. The van der Waals surface area contributed by atoms with Gasteiger partial charge in [-0.1, -0.05) is 0 Å². The summed E-state index contributed by atoms with van der Waals surface area (Å²) in [6.07, 6.45) is 3.38. The first kappa shape index (κ1) is 16.4. The standard InChI is InChI=1S/C17H17FN4OS/c1-10-8-12(9-14-16(23)21(4)17(19-3)24-14)11(2)22(10)15-13(18)6-5-7-20-15/h5-9H,1-4H3/b14-9-,19-17?. The van der Waals surface area contributed by atoms with Gasteiger partial charge in [0.1, 0.15) is 0 Å². The second kappa shape index (κ2) is 6.24. The van der Waals surface area contributed by atoms with Gasteiger partial charge < -0.3 is 4.57 Å². The highest BCUT2D eigenvalue weighted by molar-refractivity contribution is 8.18. The minimum Gasteiger partial charge on any atom is -0.300 e. The van der Waals surface area contributed by atoms with E-state index in [9.17, 15) is 9.18 Å². The molecule has 3 rings (SSSR count). The molecule has 7 heteroatoms.